The summed E-state index contributed by atoms with van der Waals surface area (Å²) in [7, 11) is 1.46. The summed E-state index contributed by atoms with van der Waals surface area (Å²) in [5, 5.41) is 12.5. The summed E-state index contributed by atoms with van der Waals surface area (Å²) < 4.78 is 10.8. The van der Waals surface area contributed by atoms with E-state index in [0.717, 1.165) is 22.1 Å². The largest absolute Gasteiger partial charge is 0.478 e. The van der Waals surface area contributed by atoms with Crippen LogP contribution in [0.1, 0.15) is 5.56 Å². The second-order valence-electron chi connectivity index (χ2n) is 5.86. The Morgan fingerprint density at radius 1 is 1.19 bits per heavy atom. The predicted molar refractivity (Wildman–Crippen MR) is 98.2 cm³/mol. The second kappa shape index (κ2) is 7.41. The number of aliphatic hydroxyl groups excluding tert-OH is 1. The average Bonchev–Trinajstić information content (AvgIpc) is 2.65. The number of amides is 1. The number of aryl methyl sites for hydroxylation is 1. The van der Waals surface area contributed by atoms with E-state index in [-0.39, 0.29) is 0 Å². The van der Waals surface area contributed by atoms with Crippen LogP contribution in [0.3, 0.4) is 0 Å². The molecule has 0 radical (unpaired) electrons. The lowest BCUT2D eigenvalue weighted by Gasteiger charge is -2.16. The van der Waals surface area contributed by atoms with E-state index in [4.69, 9.17) is 9.15 Å². The number of aliphatic hydroxyl groups is 1. The van der Waals surface area contributed by atoms with Crippen LogP contribution >= 0.6 is 0 Å². The summed E-state index contributed by atoms with van der Waals surface area (Å²) in [5.41, 5.74) is 2.63. The van der Waals surface area contributed by atoms with Crippen molar-refractivity contribution < 1.29 is 19.1 Å². The van der Waals surface area contributed by atoms with Gasteiger partial charge in [-0.05, 0) is 30.2 Å². The molecule has 2 aromatic carbocycles. The van der Waals surface area contributed by atoms with Gasteiger partial charge in [0, 0.05) is 30.1 Å². The van der Waals surface area contributed by atoms with Crippen molar-refractivity contribution >= 4 is 16.9 Å². The van der Waals surface area contributed by atoms with E-state index < -0.39 is 24.2 Å². The van der Waals surface area contributed by atoms with Gasteiger partial charge < -0.3 is 19.6 Å². The van der Waals surface area contributed by atoms with Crippen molar-refractivity contribution in [3.8, 4) is 16.9 Å². The topological polar surface area (TPSA) is 88.8 Å². The molecule has 134 valence electrons. The number of carbonyl (C=O) groups is 1. The molecule has 2 N–H and O–H groups in total. The number of benzene rings is 2. The Labute approximate surface area is 150 Å². The molecule has 1 heterocycles. The molecular formula is C20H19NO5. The van der Waals surface area contributed by atoms with E-state index in [1.165, 1.54) is 13.1 Å². The molecule has 0 aliphatic heterocycles. The normalized spacial score (nSPS) is 12.0. The Morgan fingerprint density at radius 2 is 1.96 bits per heavy atom. The van der Waals surface area contributed by atoms with Crippen molar-refractivity contribution in [1.29, 1.82) is 0 Å². The Hall–Kier alpha value is -3.12. The second-order valence-corrected chi connectivity index (χ2v) is 5.86. The van der Waals surface area contributed by atoms with Gasteiger partial charge in [0.1, 0.15) is 11.3 Å². The molecule has 6 nitrogen and oxygen atoms in total. The van der Waals surface area contributed by atoms with E-state index in [1.54, 1.807) is 18.2 Å². The third-order valence-corrected chi connectivity index (χ3v) is 4.13. The maximum Gasteiger partial charge on any atom is 0.336 e. The molecule has 1 unspecified atom stereocenters. The van der Waals surface area contributed by atoms with Crippen molar-refractivity contribution in [3.05, 3.63) is 64.5 Å². The number of likely N-dealkylation sites (N-methyl/N-ethyl adjacent to an activating group) is 1. The van der Waals surface area contributed by atoms with Gasteiger partial charge in [0.05, 0.1) is 6.61 Å². The van der Waals surface area contributed by atoms with Crippen LogP contribution in [0.4, 0.5) is 0 Å². The molecule has 1 atom stereocenters. The first-order valence-corrected chi connectivity index (χ1v) is 8.16. The molecule has 3 aromatic rings. The number of hydrogen-bond acceptors (Lipinski definition) is 5. The summed E-state index contributed by atoms with van der Waals surface area (Å²) in [6.45, 7) is 1.51. The number of rotatable bonds is 5. The summed E-state index contributed by atoms with van der Waals surface area (Å²) in [6.07, 6.45) is -1.04. The minimum absolute atomic E-state index is 0.324. The first-order valence-electron chi connectivity index (χ1n) is 8.16. The minimum atomic E-state index is -1.04. The zero-order chi connectivity index (χ0) is 18.7. The van der Waals surface area contributed by atoms with Crippen LogP contribution < -0.4 is 15.7 Å². The molecule has 0 saturated heterocycles. The van der Waals surface area contributed by atoms with Crippen molar-refractivity contribution in [1.82, 2.24) is 5.32 Å². The van der Waals surface area contributed by atoms with Gasteiger partial charge in [-0.1, -0.05) is 24.3 Å². The van der Waals surface area contributed by atoms with Crippen LogP contribution in [-0.4, -0.2) is 30.8 Å². The predicted octanol–water partition coefficient (Wildman–Crippen LogP) is 2.25. The molecule has 26 heavy (non-hydrogen) atoms. The standard InChI is InChI=1S/C20H19NO5/c1-12-5-3-4-6-14(12)16-10-19(23)26-17-9-13(7-8-15(16)17)25-18(11-22)20(24)21-2/h3-10,18,22H,11H2,1-2H3,(H,21,24). The average molecular weight is 353 g/mol. The van der Waals surface area contributed by atoms with Crippen LogP contribution in [0.15, 0.2) is 57.7 Å². The van der Waals surface area contributed by atoms with Crippen molar-refractivity contribution in [3.63, 3.8) is 0 Å². The fraction of sp³-hybridized carbons (Fsp3) is 0.200. The molecule has 0 saturated carbocycles. The van der Waals surface area contributed by atoms with Gasteiger partial charge in [-0.25, -0.2) is 4.79 Å². The molecule has 0 fully saturated rings. The summed E-state index contributed by atoms with van der Waals surface area (Å²) in [6, 6.07) is 14.2. The van der Waals surface area contributed by atoms with Crippen molar-refractivity contribution in [2.24, 2.45) is 0 Å². The van der Waals surface area contributed by atoms with Crippen molar-refractivity contribution in [2.75, 3.05) is 13.7 Å². The Bertz CT molecular complexity index is 1010. The fourth-order valence-electron chi connectivity index (χ4n) is 2.81. The van der Waals surface area contributed by atoms with Gasteiger partial charge in [-0.15, -0.1) is 0 Å². The quantitative estimate of drug-likeness (QED) is 0.687. The van der Waals surface area contributed by atoms with Gasteiger partial charge in [0.2, 0.25) is 0 Å². The molecule has 0 spiro atoms. The smallest absolute Gasteiger partial charge is 0.336 e. The lowest BCUT2D eigenvalue weighted by atomic mass is 9.98. The fourth-order valence-corrected chi connectivity index (χ4v) is 2.81. The maximum atomic E-state index is 12.0. The number of carbonyl (C=O) groups excluding carboxylic acids is 1. The first-order chi connectivity index (χ1) is 12.5. The molecule has 0 aliphatic carbocycles. The van der Waals surface area contributed by atoms with Crippen LogP contribution in [0, 0.1) is 6.92 Å². The third kappa shape index (κ3) is 3.45. The number of fused-ring (bicyclic) bond motifs is 1. The van der Waals surface area contributed by atoms with Gasteiger partial charge in [0.25, 0.3) is 5.91 Å². The van der Waals surface area contributed by atoms with Crippen molar-refractivity contribution in [2.45, 2.75) is 13.0 Å². The zero-order valence-electron chi connectivity index (χ0n) is 14.5. The highest BCUT2D eigenvalue weighted by atomic mass is 16.5. The van der Waals surface area contributed by atoms with E-state index in [1.807, 2.05) is 31.2 Å². The summed E-state index contributed by atoms with van der Waals surface area (Å²) in [5.74, 6) is -0.118. The Balaban J connectivity index is 2.08. The third-order valence-electron chi connectivity index (χ3n) is 4.13. The number of hydrogen-bond donors (Lipinski definition) is 2. The first kappa shape index (κ1) is 17.7. The Morgan fingerprint density at radius 3 is 2.65 bits per heavy atom. The molecule has 1 amide bonds. The highest BCUT2D eigenvalue weighted by molar-refractivity contribution is 5.94. The molecule has 0 bridgehead atoms. The van der Waals surface area contributed by atoms with Gasteiger partial charge in [-0.3, -0.25) is 4.79 Å². The summed E-state index contributed by atoms with van der Waals surface area (Å²) >= 11 is 0. The Kier molecular flexibility index (Phi) is 5.04. The van der Waals surface area contributed by atoms with E-state index >= 15 is 0 Å². The molecule has 1 aromatic heterocycles. The monoisotopic (exact) mass is 353 g/mol. The number of ether oxygens (including phenoxy) is 1. The molecular weight excluding hydrogens is 334 g/mol. The van der Waals surface area contributed by atoms with Gasteiger partial charge in [-0.2, -0.15) is 0 Å². The number of nitrogens with one attached hydrogen (secondary N) is 1. The SMILES string of the molecule is CNC(=O)C(CO)Oc1ccc2c(-c3ccccc3C)cc(=O)oc2c1. The molecule has 6 heteroatoms. The lowest BCUT2D eigenvalue weighted by Crippen LogP contribution is -2.38. The minimum Gasteiger partial charge on any atom is -0.478 e. The van der Waals surface area contributed by atoms with E-state index in [0.29, 0.717) is 11.3 Å². The molecule has 0 aliphatic rings. The highest BCUT2D eigenvalue weighted by Gasteiger charge is 2.18. The van der Waals surface area contributed by atoms with E-state index in [9.17, 15) is 14.7 Å². The van der Waals surface area contributed by atoms with E-state index in [2.05, 4.69) is 5.32 Å². The summed E-state index contributed by atoms with van der Waals surface area (Å²) in [4.78, 5) is 23.7. The van der Waals surface area contributed by atoms with Crippen LogP contribution in [0.5, 0.6) is 5.75 Å². The maximum absolute atomic E-state index is 12.0. The molecule has 3 rings (SSSR count). The van der Waals surface area contributed by atoms with Crippen LogP contribution in [0.2, 0.25) is 0 Å². The van der Waals surface area contributed by atoms with Gasteiger partial charge in [0.15, 0.2) is 6.10 Å². The van der Waals surface area contributed by atoms with Crippen LogP contribution in [0.25, 0.3) is 22.1 Å². The lowest BCUT2D eigenvalue weighted by molar-refractivity contribution is -0.129. The van der Waals surface area contributed by atoms with Gasteiger partial charge >= 0.3 is 5.63 Å². The highest BCUT2D eigenvalue weighted by Crippen LogP contribution is 2.31. The van der Waals surface area contributed by atoms with Crippen LogP contribution in [-0.2, 0) is 4.79 Å². The zero-order valence-corrected chi connectivity index (χ0v) is 14.5.